The van der Waals surface area contributed by atoms with Crippen LogP contribution in [0.1, 0.15) is 0 Å². The molecule has 0 spiro atoms. The molecule has 4 nitrogen and oxygen atoms in total. The Hall–Kier alpha value is -6.34. The van der Waals surface area contributed by atoms with Crippen molar-refractivity contribution in [3.05, 3.63) is 158 Å². The van der Waals surface area contributed by atoms with Gasteiger partial charge >= 0.3 is 0 Å². The average molecular weight is 699 g/mol. The second kappa shape index (κ2) is 11.6. The van der Waals surface area contributed by atoms with Crippen LogP contribution < -0.4 is 0 Å². The minimum Gasteiger partial charge on any atom is -0.247 e. The van der Waals surface area contributed by atoms with Crippen molar-refractivity contribution in [3.63, 3.8) is 0 Å². The molecule has 242 valence electrons. The van der Waals surface area contributed by atoms with E-state index in [0.29, 0.717) is 17.5 Å². The van der Waals surface area contributed by atoms with E-state index in [9.17, 15) is 0 Å². The molecular formula is C46H26N4S2. The fourth-order valence-corrected chi connectivity index (χ4v) is 9.74. The molecule has 0 bridgehead atoms. The highest BCUT2D eigenvalue weighted by molar-refractivity contribution is 7.26. The second-order valence-corrected chi connectivity index (χ2v) is 15.2. The van der Waals surface area contributed by atoms with Crippen LogP contribution in [0.5, 0.6) is 0 Å². The Bertz CT molecular complexity index is 3180. The summed E-state index contributed by atoms with van der Waals surface area (Å²) in [5, 5.41) is 8.45. The first-order valence-corrected chi connectivity index (χ1v) is 18.9. The van der Waals surface area contributed by atoms with Crippen LogP contribution in [0.4, 0.5) is 0 Å². The van der Waals surface area contributed by atoms with Crippen molar-refractivity contribution < 1.29 is 0 Å². The van der Waals surface area contributed by atoms with Gasteiger partial charge in [0.2, 0.25) is 0 Å². The lowest BCUT2D eigenvalue weighted by Crippen LogP contribution is -2.00. The fraction of sp³-hybridized carbons (Fsp3) is 0. The fourth-order valence-electron chi connectivity index (χ4n) is 7.48. The van der Waals surface area contributed by atoms with Crippen LogP contribution in [0.25, 0.3) is 107 Å². The highest BCUT2D eigenvalue weighted by atomic mass is 32.1. The van der Waals surface area contributed by atoms with Crippen molar-refractivity contribution in [1.29, 1.82) is 0 Å². The quantitative estimate of drug-likeness (QED) is 0.172. The summed E-state index contributed by atoms with van der Waals surface area (Å²) in [4.78, 5) is 20.7. The first-order valence-electron chi connectivity index (χ1n) is 17.2. The number of thiophene rings is 2. The topological polar surface area (TPSA) is 51.6 Å². The highest BCUT2D eigenvalue weighted by Gasteiger charge is 2.19. The van der Waals surface area contributed by atoms with E-state index >= 15 is 0 Å². The van der Waals surface area contributed by atoms with E-state index in [2.05, 4.69) is 140 Å². The van der Waals surface area contributed by atoms with E-state index < -0.39 is 0 Å². The predicted molar refractivity (Wildman–Crippen MR) is 220 cm³/mol. The van der Waals surface area contributed by atoms with Gasteiger partial charge in [0.15, 0.2) is 17.5 Å². The van der Waals surface area contributed by atoms with Gasteiger partial charge < -0.3 is 0 Å². The lowest BCUT2D eigenvalue weighted by molar-refractivity contribution is 1.08. The monoisotopic (exact) mass is 698 g/mol. The van der Waals surface area contributed by atoms with Crippen LogP contribution in [0.3, 0.4) is 0 Å². The van der Waals surface area contributed by atoms with Crippen LogP contribution in [0, 0.1) is 0 Å². The molecule has 0 saturated heterocycles. The molecule has 11 aromatic rings. The molecule has 11 rings (SSSR count). The molecule has 0 unspecified atom stereocenters. The summed E-state index contributed by atoms with van der Waals surface area (Å²) in [5.74, 6) is 1.92. The highest BCUT2D eigenvalue weighted by Crippen LogP contribution is 2.44. The van der Waals surface area contributed by atoms with Gasteiger partial charge in [0.25, 0.3) is 0 Å². The Morgan fingerprint density at radius 3 is 1.63 bits per heavy atom. The number of hydrogen-bond donors (Lipinski definition) is 0. The summed E-state index contributed by atoms with van der Waals surface area (Å²) >= 11 is 3.63. The molecular weight excluding hydrogens is 673 g/mol. The molecule has 0 fully saturated rings. The Labute approximate surface area is 306 Å². The van der Waals surface area contributed by atoms with E-state index in [4.69, 9.17) is 19.9 Å². The van der Waals surface area contributed by atoms with Gasteiger partial charge in [-0.15, -0.1) is 22.7 Å². The van der Waals surface area contributed by atoms with Crippen LogP contribution in [-0.2, 0) is 0 Å². The minimum atomic E-state index is 0.629. The molecule has 0 aliphatic rings. The van der Waals surface area contributed by atoms with Crippen molar-refractivity contribution in [3.8, 4) is 45.4 Å². The SMILES string of the molecule is c1ccc(-c2nc(-c3ccc4c(c3)sc3ccccc34)nc(-c3ccc4nc(-c5ccccc5)c5ccc6sc7ccccc7c6c5c4c3)n2)cc1. The summed E-state index contributed by atoms with van der Waals surface area (Å²) in [7, 11) is 0. The van der Waals surface area contributed by atoms with Gasteiger partial charge in [0, 0.05) is 78.8 Å². The molecule has 4 heterocycles. The Kier molecular flexibility index (Phi) is 6.56. The van der Waals surface area contributed by atoms with Gasteiger partial charge in [-0.2, -0.15) is 0 Å². The Morgan fingerprint density at radius 2 is 0.865 bits per heavy atom. The van der Waals surface area contributed by atoms with Gasteiger partial charge in [-0.1, -0.05) is 115 Å². The maximum Gasteiger partial charge on any atom is 0.164 e. The number of rotatable bonds is 4. The van der Waals surface area contributed by atoms with E-state index in [1.165, 1.54) is 45.7 Å². The minimum absolute atomic E-state index is 0.629. The number of nitrogens with zero attached hydrogens (tertiary/aromatic N) is 4. The van der Waals surface area contributed by atoms with Gasteiger partial charge in [0.1, 0.15) is 0 Å². The molecule has 6 heteroatoms. The zero-order valence-corrected chi connectivity index (χ0v) is 29.2. The third kappa shape index (κ3) is 4.65. The summed E-state index contributed by atoms with van der Waals surface area (Å²) in [6.07, 6.45) is 0. The Balaban J connectivity index is 1.18. The first kappa shape index (κ1) is 29.4. The molecule has 0 radical (unpaired) electrons. The average Bonchev–Trinajstić information content (AvgIpc) is 3.79. The molecule has 0 saturated carbocycles. The van der Waals surface area contributed by atoms with Crippen LogP contribution in [0.15, 0.2) is 158 Å². The molecule has 0 amide bonds. The van der Waals surface area contributed by atoms with E-state index in [-0.39, 0.29) is 0 Å². The van der Waals surface area contributed by atoms with E-state index in [1.807, 2.05) is 29.5 Å². The second-order valence-electron chi connectivity index (χ2n) is 13.0. The molecule has 0 aliphatic carbocycles. The zero-order chi connectivity index (χ0) is 34.2. The molecule has 4 aromatic heterocycles. The smallest absolute Gasteiger partial charge is 0.164 e. The molecule has 0 N–H and O–H groups in total. The lowest BCUT2D eigenvalue weighted by Gasteiger charge is -2.13. The number of hydrogen-bond acceptors (Lipinski definition) is 6. The number of aromatic nitrogens is 4. The van der Waals surface area contributed by atoms with Gasteiger partial charge in [-0.25, -0.2) is 19.9 Å². The van der Waals surface area contributed by atoms with Crippen LogP contribution >= 0.6 is 22.7 Å². The van der Waals surface area contributed by atoms with E-state index in [1.54, 1.807) is 11.3 Å². The summed E-state index contributed by atoms with van der Waals surface area (Å²) < 4.78 is 5.02. The number of fused-ring (bicyclic) bond motifs is 10. The Morgan fingerprint density at radius 1 is 0.308 bits per heavy atom. The third-order valence-electron chi connectivity index (χ3n) is 9.91. The van der Waals surface area contributed by atoms with Crippen molar-refractivity contribution in [2.45, 2.75) is 0 Å². The van der Waals surface area contributed by atoms with Crippen molar-refractivity contribution in [2.24, 2.45) is 0 Å². The standard InChI is InChI=1S/C46H26N4S2/c1-3-11-27(12-4-1)43-34-22-24-39-42(33-16-8-10-18-38(33)51-39)41(34)35-25-29(20-23-36(35)47-43)45-48-44(28-13-5-2-6-14-28)49-46(50-45)30-19-21-32-31-15-7-9-17-37(31)52-40(32)26-30/h1-26H. The van der Waals surface area contributed by atoms with Gasteiger partial charge in [-0.3, -0.25) is 0 Å². The predicted octanol–water partition coefficient (Wildman–Crippen LogP) is 13.0. The third-order valence-corrected chi connectivity index (χ3v) is 12.2. The van der Waals surface area contributed by atoms with Crippen LogP contribution in [-0.4, -0.2) is 19.9 Å². The molecule has 7 aromatic carbocycles. The summed E-state index contributed by atoms with van der Waals surface area (Å²) in [6.45, 7) is 0. The normalized spacial score (nSPS) is 11.8. The van der Waals surface area contributed by atoms with Crippen molar-refractivity contribution in [2.75, 3.05) is 0 Å². The van der Waals surface area contributed by atoms with E-state index in [0.717, 1.165) is 44.2 Å². The summed E-state index contributed by atoms with van der Waals surface area (Å²) in [5.41, 5.74) is 5.85. The number of pyridine rings is 1. The van der Waals surface area contributed by atoms with Crippen molar-refractivity contribution in [1.82, 2.24) is 19.9 Å². The molecule has 52 heavy (non-hydrogen) atoms. The maximum atomic E-state index is 5.31. The molecule has 0 atom stereocenters. The largest absolute Gasteiger partial charge is 0.247 e. The summed E-state index contributed by atoms with van der Waals surface area (Å²) in [6, 6.07) is 55.5. The first-order chi connectivity index (χ1) is 25.7. The van der Waals surface area contributed by atoms with Gasteiger partial charge in [0.05, 0.1) is 11.2 Å². The number of benzene rings is 7. The van der Waals surface area contributed by atoms with Crippen LogP contribution in [0.2, 0.25) is 0 Å². The van der Waals surface area contributed by atoms with Crippen molar-refractivity contribution >= 4 is 84.7 Å². The molecule has 0 aliphatic heterocycles. The zero-order valence-electron chi connectivity index (χ0n) is 27.6. The van der Waals surface area contributed by atoms with Gasteiger partial charge in [-0.05, 0) is 42.5 Å². The lowest BCUT2D eigenvalue weighted by atomic mass is 9.95. The maximum absolute atomic E-state index is 5.31.